The van der Waals surface area contributed by atoms with Crippen molar-refractivity contribution in [3.63, 3.8) is 0 Å². The van der Waals surface area contributed by atoms with Crippen LogP contribution < -0.4 is 5.32 Å². The molecule has 2 aromatic carbocycles. The van der Waals surface area contributed by atoms with Crippen molar-refractivity contribution in [3.05, 3.63) is 58.6 Å². The SMILES string of the molecule is Cc1cccc(C)c1NC(=O)[C@H](C)N(C)Cc1nc2ccccc2s1. The molecular weight excluding hydrogens is 330 g/mol. The molecule has 0 radical (unpaired) electrons. The Balaban J connectivity index is 1.69. The zero-order valence-electron chi connectivity index (χ0n) is 15.0. The number of rotatable bonds is 5. The molecule has 0 aliphatic carbocycles. The van der Waals surface area contributed by atoms with Crippen LogP contribution in [0, 0.1) is 13.8 Å². The van der Waals surface area contributed by atoms with Crippen LogP contribution in [0.3, 0.4) is 0 Å². The number of hydrogen-bond acceptors (Lipinski definition) is 4. The summed E-state index contributed by atoms with van der Waals surface area (Å²) in [5, 5.41) is 4.10. The van der Waals surface area contributed by atoms with Crippen LogP contribution in [0.25, 0.3) is 10.2 Å². The fourth-order valence-corrected chi connectivity index (χ4v) is 3.81. The van der Waals surface area contributed by atoms with Crippen molar-refractivity contribution in [1.82, 2.24) is 9.88 Å². The first kappa shape index (κ1) is 17.6. The van der Waals surface area contributed by atoms with E-state index in [2.05, 4.69) is 16.4 Å². The van der Waals surface area contributed by atoms with Gasteiger partial charge in [-0.1, -0.05) is 30.3 Å². The Morgan fingerprint density at radius 1 is 1.16 bits per heavy atom. The van der Waals surface area contributed by atoms with Gasteiger partial charge in [-0.15, -0.1) is 11.3 Å². The Hall–Kier alpha value is -2.24. The lowest BCUT2D eigenvalue weighted by Crippen LogP contribution is -2.39. The lowest BCUT2D eigenvalue weighted by Gasteiger charge is -2.23. The number of fused-ring (bicyclic) bond motifs is 1. The lowest BCUT2D eigenvalue weighted by atomic mass is 10.1. The molecule has 0 saturated heterocycles. The van der Waals surface area contributed by atoms with Gasteiger partial charge in [-0.2, -0.15) is 0 Å². The third-order valence-corrected chi connectivity index (χ3v) is 5.51. The van der Waals surface area contributed by atoms with E-state index in [9.17, 15) is 4.79 Å². The first-order chi connectivity index (χ1) is 12.0. The number of aromatic nitrogens is 1. The molecule has 0 fully saturated rings. The fourth-order valence-electron chi connectivity index (χ4n) is 2.78. The summed E-state index contributed by atoms with van der Waals surface area (Å²) in [7, 11) is 1.96. The number of thiazole rings is 1. The van der Waals surface area contributed by atoms with E-state index in [1.54, 1.807) is 11.3 Å². The van der Waals surface area contributed by atoms with Crippen LogP contribution in [0.1, 0.15) is 23.1 Å². The second kappa shape index (κ2) is 7.33. The molecule has 0 bridgehead atoms. The van der Waals surface area contributed by atoms with E-state index in [-0.39, 0.29) is 11.9 Å². The van der Waals surface area contributed by atoms with Gasteiger partial charge in [-0.05, 0) is 51.1 Å². The average Bonchev–Trinajstić information content (AvgIpc) is 2.99. The van der Waals surface area contributed by atoms with Crippen molar-refractivity contribution in [2.75, 3.05) is 12.4 Å². The molecule has 1 amide bonds. The third kappa shape index (κ3) is 3.89. The zero-order valence-corrected chi connectivity index (χ0v) is 15.9. The maximum atomic E-state index is 12.7. The molecule has 25 heavy (non-hydrogen) atoms. The van der Waals surface area contributed by atoms with Gasteiger partial charge < -0.3 is 5.32 Å². The maximum Gasteiger partial charge on any atom is 0.241 e. The van der Waals surface area contributed by atoms with Crippen molar-refractivity contribution < 1.29 is 4.79 Å². The van der Waals surface area contributed by atoms with Crippen LogP contribution in [0.4, 0.5) is 5.69 Å². The monoisotopic (exact) mass is 353 g/mol. The van der Waals surface area contributed by atoms with Gasteiger partial charge in [0.1, 0.15) is 5.01 Å². The highest BCUT2D eigenvalue weighted by atomic mass is 32.1. The third-order valence-electron chi connectivity index (χ3n) is 4.49. The first-order valence-corrected chi connectivity index (χ1v) is 9.19. The lowest BCUT2D eigenvalue weighted by molar-refractivity contribution is -0.120. The van der Waals surface area contributed by atoms with Crippen LogP contribution in [-0.4, -0.2) is 28.9 Å². The number of aryl methyl sites for hydroxylation is 2. The smallest absolute Gasteiger partial charge is 0.241 e. The molecule has 0 unspecified atom stereocenters. The standard InChI is InChI=1S/C20H23N3OS/c1-13-8-7-9-14(2)19(13)22-20(24)15(3)23(4)12-18-21-16-10-5-6-11-17(16)25-18/h5-11,15H,12H2,1-4H3,(H,22,24)/t15-/m0/s1. The van der Waals surface area contributed by atoms with E-state index in [0.717, 1.165) is 27.3 Å². The van der Waals surface area contributed by atoms with Gasteiger partial charge in [-0.3, -0.25) is 9.69 Å². The highest BCUT2D eigenvalue weighted by Gasteiger charge is 2.20. The number of nitrogens with zero attached hydrogens (tertiary/aromatic N) is 2. The molecule has 1 N–H and O–H groups in total. The van der Waals surface area contributed by atoms with Crippen molar-refractivity contribution in [2.45, 2.75) is 33.4 Å². The maximum absolute atomic E-state index is 12.7. The van der Waals surface area contributed by atoms with E-state index in [4.69, 9.17) is 0 Å². The van der Waals surface area contributed by atoms with E-state index >= 15 is 0 Å². The number of carbonyl (C=O) groups is 1. The van der Waals surface area contributed by atoms with Crippen LogP contribution >= 0.6 is 11.3 Å². The minimum atomic E-state index is -0.244. The van der Waals surface area contributed by atoms with E-state index in [1.807, 2.05) is 69.1 Å². The summed E-state index contributed by atoms with van der Waals surface area (Å²) in [5.74, 6) is 0.000936. The molecule has 5 heteroatoms. The molecule has 130 valence electrons. The number of anilines is 1. The van der Waals surface area contributed by atoms with Gasteiger partial charge in [-0.25, -0.2) is 4.98 Å². The molecule has 3 rings (SSSR count). The van der Waals surface area contributed by atoms with Gasteiger partial charge in [0.15, 0.2) is 0 Å². The Bertz CT molecular complexity index is 850. The summed E-state index contributed by atoms with van der Waals surface area (Å²) in [4.78, 5) is 19.3. The fraction of sp³-hybridized carbons (Fsp3) is 0.300. The minimum absolute atomic E-state index is 0.000936. The van der Waals surface area contributed by atoms with Crippen molar-refractivity contribution in [1.29, 1.82) is 0 Å². The Morgan fingerprint density at radius 3 is 2.52 bits per heavy atom. The summed E-state index contributed by atoms with van der Waals surface area (Å²) in [5.41, 5.74) is 4.08. The first-order valence-electron chi connectivity index (χ1n) is 8.37. The quantitative estimate of drug-likeness (QED) is 0.741. The summed E-state index contributed by atoms with van der Waals surface area (Å²) >= 11 is 1.68. The molecular formula is C20H23N3OS. The van der Waals surface area contributed by atoms with Crippen molar-refractivity contribution in [3.8, 4) is 0 Å². The molecule has 3 aromatic rings. The van der Waals surface area contributed by atoms with Crippen LogP contribution in [0.5, 0.6) is 0 Å². The van der Waals surface area contributed by atoms with Crippen molar-refractivity contribution in [2.24, 2.45) is 0 Å². The second-order valence-corrected chi connectivity index (χ2v) is 7.54. The van der Waals surface area contributed by atoms with E-state index in [0.29, 0.717) is 6.54 Å². The molecule has 4 nitrogen and oxygen atoms in total. The second-order valence-electron chi connectivity index (χ2n) is 6.42. The molecule has 1 aromatic heterocycles. The zero-order chi connectivity index (χ0) is 18.0. The molecule has 1 heterocycles. The van der Waals surface area contributed by atoms with Gasteiger partial charge in [0.05, 0.1) is 22.8 Å². The summed E-state index contributed by atoms with van der Waals surface area (Å²) in [6.07, 6.45) is 0. The van der Waals surface area contributed by atoms with Crippen LogP contribution in [-0.2, 0) is 11.3 Å². The number of hydrogen-bond donors (Lipinski definition) is 1. The number of carbonyl (C=O) groups excluding carboxylic acids is 1. The number of nitrogens with one attached hydrogen (secondary N) is 1. The van der Waals surface area contributed by atoms with E-state index in [1.165, 1.54) is 4.70 Å². The minimum Gasteiger partial charge on any atom is -0.324 e. The predicted octanol–water partition coefficient (Wildman–Crippen LogP) is 4.37. The predicted molar refractivity (Wildman–Crippen MR) is 105 cm³/mol. The summed E-state index contributed by atoms with van der Waals surface area (Å²) in [6.45, 7) is 6.60. The number of para-hydroxylation sites is 2. The topological polar surface area (TPSA) is 45.2 Å². The van der Waals surface area contributed by atoms with E-state index < -0.39 is 0 Å². The molecule has 0 aliphatic heterocycles. The summed E-state index contributed by atoms with van der Waals surface area (Å²) < 4.78 is 1.18. The highest BCUT2D eigenvalue weighted by molar-refractivity contribution is 7.18. The molecule has 0 spiro atoms. The molecule has 0 saturated carbocycles. The largest absolute Gasteiger partial charge is 0.324 e. The van der Waals surface area contributed by atoms with Gasteiger partial charge in [0.2, 0.25) is 5.91 Å². The van der Waals surface area contributed by atoms with Gasteiger partial charge >= 0.3 is 0 Å². The molecule has 1 atom stereocenters. The number of likely N-dealkylation sites (N-methyl/N-ethyl adjacent to an activating group) is 1. The summed E-state index contributed by atoms with van der Waals surface area (Å²) in [6, 6.07) is 13.9. The Labute approximate surface area is 152 Å². The van der Waals surface area contributed by atoms with Crippen LogP contribution in [0.2, 0.25) is 0 Å². The van der Waals surface area contributed by atoms with Crippen molar-refractivity contribution >= 4 is 33.1 Å². The molecule has 0 aliphatic rings. The number of benzene rings is 2. The Morgan fingerprint density at radius 2 is 1.84 bits per heavy atom. The Kier molecular flexibility index (Phi) is 5.16. The normalized spacial score (nSPS) is 12.5. The highest BCUT2D eigenvalue weighted by Crippen LogP contribution is 2.23. The average molecular weight is 353 g/mol. The van der Waals surface area contributed by atoms with Gasteiger partial charge in [0, 0.05) is 5.69 Å². The van der Waals surface area contributed by atoms with Crippen LogP contribution in [0.15, 0.2) is 42.5 Å². The van der Waals surface area contributed by atoms with Gasteiger partial charge in [0.25, 0.3) is 0 Å². The number of amides is 1.